The number of halogens is 1. The maximum absolute atomic E-state index is 5.93. The van der Waals surface area contributed by atoms with Gasteiger partial charge in [-0.25, -0.2) is 9.50 Å². The van der Waals surface area contributed by atoms with Crippen molar-refractivity contribution in [2.45, 2.75) is 6.42 Å². The molecule has 0 N–H and O–H groups in total. The van der Waals surface area contributed by atoms with Gasteiger partial charge in [-0.3, -0.25) is 0 Å². The van der Waals surface area contributed by atoms with Crippen LogP contribution in [0.15, 0.2) is 42.6 Å². The first kappa shape index (κ1) is 12.0. The van der Waals surface area contributed by atoms with Gasteiger partial charge in [-0.15, -0.1) is 0 Å². The van der Waals surface area contributed by atoms with Crippen LogP contribution in [0.4, 0.5) is 0 Å². The quantitative estimate of drug-likeness (QED) is 0.736. The fourth-order valence-corrected chi connectivity index (χ4v) is 2.15. The van der Waals surface area contributed by atoms with Crippen molar-refractivity contribution in [2.24, 2.45) is 0 Å². The molecule has 0 bridgehead atoms. The van der Waals surface area contributed by atoms with Crippen LogP contribution in [0.2, 0.25) is 5.02 Å². The summed E-state index contributed by atoms with van der Waals surface area (Å²) in [7, 11) is 1.66. The first-order chi connectivity index (χ1) is 9.26. The van der Waals surface area contributed by atoms with Crippen molar-refractivity contribution >= 4 is 17.2 Å². The molecule has 3 rings (SSSR count). The Morgan fingerprint density at radius 1 is 1.21 bits per heavy atom. The minimum Gasteiger partial charge on any atom is -0.496 e. The van der Waals surface area contributed by atoms with Crippen molar-refractivity contribution in [3.8, 4) is 5.75 Å². The van der Waals surface area contributed by atoms with Crippen LogP contribution in [0, 0.1) is 0 Å². The molecule has 1 aromatic carbocycles. The van der Waals surface area contributed by atoms with Crippen LogP contribution in [0.1, 0.15) is 11.4 Å². The Morgan fingerprint density at radius 2 is 2.05 bits per heavy atom. The monoisotopic (exact) mass is 273 g/mol. The normalized spacial score (nSPS) is 10.8. The fraction of sp³-hybridized carbons (Fsp3) is 0.143. The van der Waals surface area contributed by atoms with E-state index in [1.165, 1.54) is 0 Å². The van der Waals surface area contributed by atoms with Crippen LogP contribution >= 0.6 is 11.6 Å². The molecule has 0 saturated carbocycles. The number of nitrogens with zero attached hydrogens (tertiary/aromatic N) is 3. The minimum atomic E-state index is 0.628. The molecular formula is C14H12ClN3O. The second-order valence-electron chi connectivity index (χ2n) is 4.17. The van der Waals surface area contributed by atoms with Gasteiger partial charge in [0.2, 0.25) is 0 Å². The van der Waals surface area contributed by atoms with E-state index in [9.17, 15) is 0 Å². The largest absolute Gasteiger partial charge is 0.496 e. The number of benzene rings is 1. The van der Waals surface area contributed by atoms with Crippen LogP contribution in [-0.4, -0.2) is 21.7 Å². The number of pyridine rings is 1. The summed E-state index contributed by atoms with van der Waals surface area (Å²) in [5, 5.41) is 5.05. The summed E-state index contributed by atoms with van der Waals surface area (Å²) in [6, 6.07) is 11.5. The molecule has 0 aliphatic carbocycles. The summed E-state index contributed by atoms with van der Waals surface area (Å²) in [5.74, 6) is 1.59. The highest BCUT2D eigenvalue weighted by Gasteiger charge is 2.08. The van der Waals surface area contributed by atoms with Crippen molar-refractivity contribution in [3.05, 3.63) is 59.0 Å². The Labute approximate surface area is 115 Å². The van der Waals surface area contributed by atoms with E-state index in [0.29, 0.717) is 11.4 Å². The summed E-state index contributed by atoms with van der Waals surface area (Å²) in [5.41, 5.74) is 1.85. The van der Waals surface area contributed by atoms with Gasteiger partial charge in [0.05, 0.1) is 12.1 Å². The third kappa shape index (κ3) is 2.39. The molecule has 0 saturated heterocycles. The van der Waals surface area contributed by atoms with Crippen molar-refractivity contribution in [1.82, 2.24) is 14.6 Å². The number of para-hydroxylation sites is 1. The summed E-state index contributed by atoms with van der Waals surface area (Å²) >= 11 is 5.93. The lowest BCUT2D eigenvalue weighted by molar-refractivity contribution is 0.410. The van der Waals surface area contributed by atoms with Crippen LogP contribution < -0.4 is 4.74 Å². The predicted molar refractivity (Wildman–Crippen MR) is 73.8 cm³/mol. The summed E-state index contributed by atoms with van der Waals surface area (Å²) in [4.78, 5) is 4.46. The number of methoxy groups -OCH3 is 1. The van der Waals surface area contributed by atoms with E-state index in [4.69, 9.17) is 16.3 Å². The third-order valence-electron chi connectivity index (χ3n) is 2.88. The SMILES string of the molecule is COc1ccccc1Cc1nc2ccc(Cl)cn2n1. The molecule has 0 aliphatic rings. The molecule has 0 aliphatic heterocycles. The zero-order valence-corrected chi connectivity index (χ0v) is 11.1. The van der Waals surface area contributed by atoms with E-state index in [1.54, 1.807) is 23.9 Å². The maximum Gasteiger partial charge on any atom is 0.156 e. The maximum atomic E-state index is 5.93. The van der Waals surface area contributed by atoms with Gasteiger partial charge in [0.25, 0.3) is 0 Å². The fourth-order valence-electron chi connectivity index (χ4n) is 2.00. The molecule has 0 radical (unpaired) electrons. The van der Waals surface area contributed by atoms with E-state index in [1.807, 2.05) is 30.3 Å². The highest BCUT2D eigenvalue weighted by atomic mass is 35.5. The van der Waals surface area contributed by atoms with Crippen molar-refractivity contribution in [3.63, 3.8) is 0 Å². The Morgan fingerprint density at radius 3 is 2.89 bits per heavy atom. The molecule has 0 atom stereocenters. The van der Waals surface area contributed by atoms with Crippen molar-refractivity contribution in [2.75, 3.05) is 7.11 Å². The Bertz CT molecular complexity index is 724. The highest BCUT2D eigenvalue weighted by Crippen LogP contribution is 2.20. The van der Waals surface area contributed by atoms with E-state index in [0.717, 1.165) is 22.8 Å². The number of hydrogen-bond acceptors (Lipinski definition) is 3. The van der Waals surface area contributed by atoms with E-state index < -0.39 is 0 Å². The molecule has 2 heterocycles. The Kier molecular flexibility index (Phi) is 3.09. The van der Waals surface area contributed by atoms with Crippen LogP contribution in [0.25, 0.3) is 5.65 Å². The zero-order chi connectivity index (χ0) is 13.2. The predicted octanol–water partition coefficient (Wildman–Crippen LogP) is 2.98. The van der Waals surface area contributed by atoms with E-state index >= 15 is 0 Å². The molecule has 2 aromatic heterocycles. The van der Waals surface area contributed by atoms with Gasteiger partial charge in [-0.05, 0) is 18.2 Å². The molecule has 96 valence electrons. The van der Waals surface area contributed by atoms with Gasteiger partial charge >= 0.3 is 0 Å². The molecular weight excluding hydrogens is 262 g/mol. The third-order valence-corrected chi connectivity index (χ3v) is 3.10. The van der Waals surface area contributed by atoms with Crippen LogP contribution in [0.3, 0.4) is 0 Å². The molecule has 0 unspecified atom stereocenters. The Balaban J connectivity index is 1.96. The molecule has 5 heteroatoms. The minimum absolute atomic E-state index is 0.628. The van der Waals surface area contributed by atoms with Crippen LogP contribution in [0.5, 0.6) is 5.75 Å². The van der Waals surface area contributed by atoms with Gasteiger partial charge in [0.15, 0.2) is 11.5 Å². The number of ether oxygens (including phenoxy) is 1. The lowest BCUT2D eigenvalue weighted by Gasteiger charge is -2.05. The second kappa shape index (κ2) is 4.90. The topological polar surface area (TPSA) is 39.4 Å². The number of aromatic nitrogens is 3. The highest BCUT2D eigenvalue weighted by molar-refractivity contribution is 6.30. The van der Waals surface area contributed by atoms with E-state index in [2.05, 4.69) is 10.1 Å². The lowest BCUT2D eigenvalue weighted by Crippen LogP contribution is -1.95. The summed E-state index contributed by atoms with van der Waals surface area (Å²) < 4.78 is 7.01. The summed E-state index contributed by atoms with van der Waals surface area (Å²) in [6.45, 7) is 0. The molecule has 0 fully saturated rings. The van der Waals surface area contributed by atoms with Gasteiger partial charge in [0.1, 0.15) is 5.75 Å². The number of rotatable bonds is 3. The molecule has 0 spiro atoms. The second-order valence-corrected chi connectivity index (χ2v) is 4.60. The first-order valence-electron chi connectivity index (χ1n) is 5.89. The summed E-state index contributed by atoms with van der Waals surface area (Å²) in [6.07, 6.45) is 2.37. The molecule has 4 nitrogen and oxygen atoms in total. The van der Waals surface area contributed by atoms with Crippen molar-refractivity contribution in [1.29, 1.82) is 0 Å². The average Bonchev–Trinajstić information content (AvgIpc) is 2.80. The smallest absolute Gasteiger partial charge is 0.156 e. The van der Waals surface area contributed by atoms with Gasteiger partial charge in [-0.1, -0.05) is 29.8 Å². The number of fused-ring (bicyclic) bond motifs is 1. The van der Waals surface area contributed by atoms with Gasteiger partial charge < -0.3 is 4.74 Å². The Hall–Kier alpha value is -2.07. The number of hydrogen-bond donors (Lipinski definition) is 0. The standard InChI is InChI=1S/C14H12ClN3O/c1-19-12-5-3-2-4-10(12)8-13-16-14-7-6-11(15)9-18(14)17-13/h2-7,9H,8H2,1H3. The first-order valence-corrected chi connectivity index (χ1v) is 6.27. The van der Waals surface area contributed by atoms with Gasteiger partial charge in [-0.2, -0.15) is 5.10 Å². The molecule has 3 aromatic rings. The average molecular weight is 274 g/mol. The molecule has 0 amide bonds. The van der Waals surface area contributed by atoms with E-state index in [-0.39, 0.29) is 0 Å². The van der Waals surface area contributed by atoms with Crippen molar-refractivity contribution < 1.29 is 4.74 Å². The lowest BCUT2D eigenvalue weighted by atomic mass is 10.1. The zero-order valence-electron chi connectivity index (χ0n) is 10.4. The van der Waals surface area contributed by atoms with Gasteiger partial charge in [0, 0.05) is 18.2 Å². The van der Waals surface area contributed by atoms with Crippen LogP contribution in [-0.2, 0) is 6.42 Å². The molecule has 19 heavy (non-hydrogen) atoms.